The van der Waals surface area contributed by atoms with E-state index in [1.165, 1.54) is 0 Å². The Balaban J connectivity index is 2.17. The van der Waals surface area contributed by atoms with Crippen molar-refractivity contribution in [1.82, 2.24) is 0 Å². The van der Waals surface area contributed by atoms with Gasteiger partial charge in [0.2, 0.25) is 0 Å². The van der Waals surface area contributed by atoms with E-state index in [1.807, 2.05) is 0 Å². The van der Waals surface area contributed by atoms with Crippen LogP contribution in [0.3, 0.4) is 0 Å². The third kappa shape index (κ3) is 5.38. The minimum absolute atomic E-state index is 0.00383. The lowest BCUT2D eigenvalue weighted by Gasteiger charge is -2.09. The molecule has 2 rings (SSSR count). The van der Waals surface area contributed by atoms with Gasteiger partial charge in [0, 0.05) is 0 Å². The van der Waals surface area contributed by atoms with Gasteiger partial charge < -0.3 is 10.2 Å². The second-order valence-corrected chi connectivity index (χ2v) is 5.62. The number of rotatable bonds is 4. The Morgan fingerprint density at radius 3 is 1.39 bits per heavy atom. The normalized spacial score (nSPS) is 12.8. The van der Waals surface area contributed by atoms with Crippen LogP contribution in [-0.2, 0) is 17.1 Å². The fourth-order valence-corrected chi connectivity index (χ4v) is 2.18. The van der Waals surface area contributed by atoms with Crippen molar-refractivity contribution in [3.63, 3.8) is 0 Å². The summed E-state index contributed by atoms with van der Waals surface area (Å²) in [5.74, 6) is -2.60. The van der Waals surface area contributed by atoms with E-state index < -0.39 is 40.8 Å². The zero-order valence-corrected chi connectivity index (χ0v) is 13.8. The lowest BCUT2D eigenvalue weighted by atomic mass is 10.1. The number of allylic oxidation sites excluding steroid dienone is 2. The fourth-order valence-electron chi connectivity index (χ4n) is 2.18. The second-order valence-electron chi connectivity index (χ2n) is 5.62. The quantitative estimate of drug-likeness (QED) is 0.530. The monoisotopic (exact) mass is 402 g/mol. The molecule has 0 bridgehead atoms. The van der Waals surface area contributed by atoms with Gasteiger partial charge in [-0.1, -0.05) is 24.3 Å². The van der Waals surface area contributed by atoms with E-state index in [2.05, 4.69) is 0 Å². The summed E-state index contributed by atoms with van der Waals surface area (Å²) in [6.07, 6.45) is -5.55. The van der Waals surface area contributed by atoms with E-state index >= 15 is 0 Å². The summed E-state index contributed by atoms with van der Waals surface area (Å²) < 4.78 is 76.3. The summed E-state index contributed by atoms with van der Waals surface area (Å²) in [6, 6.07) is 5.29. The van der Waals surface area contributed by atoms with Crippen LogP contribution in [0.15, 0.2) is 48.6 Å². The molecular weight excluding hydrogens is 390 g/mol. The van der Waals surface area contributed by atoms with Gasteiger partial charge in [0.25, 0.3) is 0 Å². The number of ketones is 1. The molecule has 2 N–H and O–H groups in total. The number of hydrogen-bond donors (Lipinski definition) is 2. The highest BCUT2D eigenvalue weighted by molar-refractivity contribution is 6.04. The van der Waals surface area contributed by atoms with Gasteiger partial charge in [-0.2, -0.15) is 26.3 Å². The summed E-state index contributed by atoms with van der Waals surface area (Å²) in [5, 5.41) is 18.5. The van der Waals surface area contributed by atoms with Crippen LogP contribution in [0.2, 0.25) is 0 Å². The van der Waals surface area contributed by atoms with Crippen molar-refractivity contribution in [2.45, 2.75) is 12.4 Å². The fraction of sp³-hybridized carbons (Fsp3) is 0.105. The Hall–Kier alpha value is -3.23. The first-order valence-corrected chi connectivity index (χ1v) is 7.58. The number of halogens is 6. The summed E-state index contributed by atoms with van der Waals surface area (Å²) >= 11 is 0. The van der Waals surface area contributed by atoms with Gasteiger partial charge in [-0.3, -0.25) is 4.79 Å². The molecule has 3 nitrogen and oxygen atoms in total. The molecule has 0 saturated heterocycles. The summed E-state index contributed by atoms with van der Waals surface area (Å²) in [6.45, 7) is 0. The number of hydrogen-bond acceptors (Lipinski definition) is 3. The Kier molecular flexibility index (Phi) is 5.86. The zero-order chi connectivity index (χ0) is 21.1. The van der Waals surface area contributed by atoms with Crippen molar-refractivity contribution in [1.29, 1.82) is 0 Å². The third-order valence-corrected chi connectivity index (χ3v) is 3.53. The van der Waals surface area contributed by atoms with E-state index in [0.29, 0.717) is 12.1 Å². The molecule has 0 fully saturated rings. The second kappa shape index (κ2) is 7.79. The molecule has 0 saturated carbocycles. The zero-order valence-electron chi connectivity index (χ0n) is 13.8. The van der Waals surface area contributed by atoms with Crippen molar-refractivity contribution >= 4 is 17.9 Å². The summed E-state index contributed by atoms with van der Waals surface area (Å²) in [4.78, 5) is 11.8. The lowest BCUT2D eigenvalue weighted by Crippen LogP contribution is -2.05. The number of phenolic OH excluding ortho intramolecular Hbond substituents is 2. The third-order valence-electron chi connectivity index (χ3n) is 3.53. The van der Waals surface area contributed by atoms with Crippen LogP contribution in [0.1, 0.15) is 22.3 Å². The van der Waals surface area contributed by atoms with E-state index in [-0.39, 0.29) is 11.1 Å². The van der Waals surface area contributed by atoms with Crippen LogP contribution in [0.5, 0.6) is 11.5 Å². The lowest BCUT2D eigenvalue weighted by molar-refractivity contribution is -0.139. The van der Waals surface area contributed by atoms with Gasteiger partial charge in [0.05, 0.1) is 11.1 Å². The van der Waals surface area contributed by atoms with Crippen LogP contribution in [0.4, 0.5) is 26.3 Å². The number of phenols is 2. The van der Waals surface area contributed by atoms with Crippen molar-refractivity contribution in [2.24, 2.45) is 0 Å². The first-order chi connectivity index (χ1) is 12.9. The first kappa shape index (κ1) is 21.1. The van der Waals surface area contributed by atoms with Gasteiger partial charge in [-0.05, 0) is 47.5 Å². The van der Waals surface area contributed by atoms with Gasteiger partial charge in [-0.25, -0.2) is 0 Å². The van der Waals surface area contributed by atoms with Gasteiger partial charge in [-0.15, -0.1) is 0 Å². The SMILES string of the molecule is O=C(C=Cc1ccc(O)c(C(F)(F)F)c1)C=Cc1ccc(O)c(C(F)(F)F)c1. The number of carbonyl (C=O) groups is 1. The Morgan fingerprint density at radius 1 is 0.714 bits per heavy atom. The molecule has 2 aromatic rings. The molecule has 0 heterocycles. The van der Waals surface area contributed by atoms with Crippen molar-refractivity contribution in [2.75, 3.05) is 0 Å². The largest absolute Gasteiger partial charge is 0.507 e. The smallest absolute Gasteiger partial charge is 0.419 e. The van der Waals surface area contributed by atoms with Gasteiger partial charge in [0.1, 0.15) is 11.5 Å². The van der Waals surface area contributed by atoms with E-state index in [9.17, 15) is 41.4 Å². The predicted molar refractivity (Wildman–Crippen MR) is 89.3 cm³/mol. The van der Waals surface area contributed by atoms with Crippen molar-refractivity contribution in [3.05, 3.63) is 70.8 Å². The standard InChI is InChI=1S/C19H12F6O3/c20-18(21,22)14-9-11(3-7-16(14)27)1-5-13(26)6-2-12-4-8-17(28)15(10-12)19(23,24)25/h1-10,27-28H. The molecule has 0 atom stereocenters. The Morgan fingerprint density at radius 2 is 1.07 bits per heavy atom. The molecule has 0 spiro atoms. The van der Waals surface area contributed by atoms with Crippen LogP contribution in [0.25, 0.3) is 12.2 Å². The van der Waals surface area contributed by atoms with E-state index in [0.717, 1.165) is 48.6 Å². The van der Waals surface area contributed by atoms with Gasteiger partial charge in [0.15, 0.2) is 5.78 Å². The minimum atomic E-state index is -4.77. The summed E-state index contributed by atoms with van der Waals surface area (Å²) in [7, 11) is 0. The van der Waals surface area contributed by atoms with E-state index in [1.54, 1.807) is 0 Å². The van der Waals surface area contributed by atoms with Gasteiger partial charge >= 0.3 is 12.4 Å². The first-order valence-electron chi connectivity index (χ1n) is 7.58. The molecule has 28 heavy (non-hydrogen) atoms. The Labute approximate surface area is 154 Å². The van der Waals surface area contributed by atoms with Crippen LogP contribution < -0.4 is 0 Å². The predicted octanol–water partition coefficient (Wildman–Crippen LogP) is 5.43. The highest BCUT2D eigenvalue weighted by Crippen LogP contribution is 2.37. The minimum Gasteiger partial charge on any atom is -0.507 e. The number of benzene rings is 2. The molecule has 0 aliphatic heterocycles. The average molecular weight is 402 g/mol. The molecule has 2 aromatic carbocycles. The molecule has 9 heteroatoms. The number of alkyl halides is 6. The number of aromatic hydroxyl groups is 2. The maximum Gasteiger partial charge on any atom is 0.419 e. The Bertz CT molecular complexity index is 864. The molecule has 0 aliphatic carbocycles. The molecule has 0 amide bonds. The highest BCUT2D eigenvalue weighted by atomic mass is 19.4. The molecule has 0 aliphatic rings. The van der Waals surface area contributed by atoms with Crippen molar-refractivity contribution in [3.8, 4) is 11.5 Å². The maximum absolute atomic E-state index is 12.7. The van der Waals surface area contributed by atoms with Crippen LogP contribution >= 0.6 is 0 Å². The average Bonchev–Trinajstić information content (AvgIpc) is 2.58. The molecule has 148 valence electrons. The molecular formula is C19H12F6O3. The van der Waals surface area contributed by atoms with Crippen LogP contribution in [-0.4, -0.2) is 16.0 Å². The molecule has 0 unspecified atom stereocenters. The summed E-state index contributed by atoms with van der Waals surface area (Å²) in [5.41, 5.74) is -2.53. The van der Waals surface area contributed by atoms with Crippen LogP contribution in [0, 0.1) is 0 Å². The number of carbonyl (C=O) groups excluding carboxylic acids is 1. The maximum atomic E-state index is 12.7. The van der Waals surface area contributed by atoms with E-state index in [4.69, 9.17) is 0 Å². The molecule has 0 radical (unpaired) electrons. The van der Waals surface area contributed by atoms with Crippen molar-refractivity contribution < 1.29 is 41.4 Å². The molecule has 0 aromatic heterocycles. The highest BCUT2D eigenvalue weighted by Gasteiger charge is 2.34. The topological polar surface area (TPSA) is 57.5 Å².